The molecule has 0 radical (unpaired) electrons. The number of hydrogen-bond donors (Lipinski definition) is 2. The minimum Gasteiger partial charge on any atom is -0.508 e. The molecule has 2 rings (SSSR count). The fourth-order valence-corrected chi connectivity index (χ4v) is 1.60. The molecule has 21 heavy (non-hydrogen) atoms. The molecule has 110 valence electrons. The van der Waals surface area contributed by atoms with Crippen LogP contribution in [0.5, 0.6) is 5.75 Å². The van der Waals surface area contributed by atoms with Gasteiger partial charge in [0.1, 0.15) is 5.75 Å². The zero-order valence-electron chi connectivity index (χ0n) is 10.8. The van der Waals surface area contributed by atoms with Crippen molar-refractivity contribution in [1.82, 2.24) is 15.1 Å². The smallest absolute Gasteiger partial charge is 0.211 e. The average molecular weight is 287 g/mol. The highest BCUT2D eigenvalue weighted by Gasteiger charge is 2.10. The number of nitrogens with zero attached hydrogens (tertiary/aromatic N) is 2. The van der Waals surface area contributed by atoms with Gasteiger partial charge in [-0.3, -0.25) is 9.59 Å². The second-order valence-electron chi connectivity index (χ2n) is 3.98. The highest BCUT2D eigenvalue weighted by molar-refractivity contribution is 6.02. The first-order chi connectivity index (χ1) is 9.61. The van der Waals surface area contributed by atoms with Gasteiger partial charge in [-0.25, -0.2) is 4.68 Å². The van der Waals surface area contributed by atoms with Crippen LogP contribution in [0, 0.1) is 0 Å². The van der Waals surface area contributed by atoms with Gasteiger partial charge in [-0.15, -0.1) is 0 Å². The number of carbonyl (C=O) groups excluding carboxylic acids is 1. The lowest BCUT2D eigenvalue weighted by Gasteiger charge is -2.06. The zero-order valence-corrected chi connectivity index (χ0v) is 10.8. The van der Waals surface area contributed by atoms with Crippen molar-refractivity contribution in [2.24, 2.45) is 0 Å². The quantitative estimate of drug-likeness (QED) is 0.657. The van der Waals surface area contributed by atoms with Crippen molar-refractivity contribution in [3.63, 3.8) is 0 Å². The fraction of sp³-hybridized carbons (Fsp3) is 0.133. The zero-order chi connectivity index (χ0) is 14.5. The molecule has 1 aromatic carbocycles. The lowest BCUT2D eigenvalue weighted by molar-refractivity contribution is 0.103. The number of ketones is 1. The number of allylic oxidation sites excluding steroid dienone is 1. The van der Waals surface area contributed by atoms with Gasteiger partial charge in [0.2, 0.25) is 11.2 Å². The van der Waals surface area contributed by atoms with Gasteiger partial charge in [0.25, 0.3) is 0 Å². The largest absolute Gasteiger partial charge is 0.508 e. The first-order valence-electron chi connectivity index (χ1n) is 5.89. The summed E-state index contributed by atoms with van der Waals surface area (Å²) in [5.41, 5.74) is -0.0776. The summed E-state index contributed by atoms with van der Waals surface area (Å²) in [4.78, 5) is 23.5. The first-order valence-corrected chi connectivity index (χ1v) is 5.89. The van der Waals surface area contributed by atoms with Gasteiger partial charge in [-0.2, -0.15) is 5.10 Å². The van der Waals surface area contributed by atoms with E-state index in [1.54, 1.807) is 19.2 Å². The highest BCUT2D eigenvalue weighted by atomic mass is 16.3. The van der Waals surface area contributed by atoms with E-state index in [4.69, 9.17) is 0 Å². The minimum atomic E-state index is -0.487. The van der Waals surface area contributed by atoms with Crippen molar-refractivity contribution in [1.29, 1.82) is 0 Å². The molecule has 0 fully saturated rings. The summed E-state index contributed by atoms with van der Waals surface area (Å²) >= 11 is 0. The molecule has 0 saturated carbocycles. The summed E-state index contributed by atoms with van der Waals surface area (Å²) in [5, 5.41) is 16.1. The number of phenolic OH excluding ortho intramolecular Hbond substituents is 1. The average Bonchev–Trinajstić information content (AvgIpc) is 2.45. The van der Waals surface area contributed by atoms with Gasteiger partial charge in [0, 0.05) is 37.7 Å². The number of aromatic hydroxyl groups is 1. The van der Waals surface area contributed by atoms with Crippen LogP contribution in [0.3, 0.4) is 0 Å². The molecule has 0 spiro atoms. The minimum absolute atomic E-state index is 0. The molecule has 6 nitrogen and oxygen atoms in total. The number of nitrogens with one attached hydrogen (secondary N) is 1. The van der Waals surface area contributed by atoms with E-state index in [2.05, 4.69) is 10.4 Å². The van der Waals surface area contributed by atoms with Crippen molar-refractivity contribution >= 4 is 5.78 Å². The summed E-state index contributed by atoms with van der Waals surface area (Å²) < 4.78 is 1.36. The molecule has 0 saturated heterocycles. The number of hydrogen-bond acceptors (Lipinski definition) is 5. The molecular weight excluding hydrogens is 270 g/mol. The third kappa shape index (κ3) is 3.79. The molecule has 0 aliphatic rings. The standard InChI is InChI=1S/C14H13N3O3.CH4/c1-15-7-5-12(19)14-13(20)6-8-17(16-14)10-3-2-4-11(18)9-10;/h2-9,15,18H,1H3;1H4. The van der Waals surface area contributed by atoms with Gasteiger partial charge in [-0.1, -0.05) is 13.5 Å². The summed E-state index contributed by atoms with van der Waals surface area (Å²) in [7, 11) is 1.65. The summed E-state index contributed by atoms with van der Waals surface area (Å²) in [5.74, 6) is -0.412. The SMILES string of the molecule is C.CNC=CC(=O)c1nn(-c2cccc(O)c2)ccc1=O. The highest BCUT2D eigenvalue weighted by Crippen LogP contribution is 2.13. The Hall–Kier alpha value is -2.89. The Morgan fingerprint density at radius 2 is 2.14 bits per heavy atom. The molecule has 0 unspecified atom stereocenters. The van der Waals surface area contributed by atoms with Gasteiger partial charge in [0.05, 0.1) is 5.69 Å². The van der Waals surface area contributed by atoms with Gasteiger partial charge in [0.15, 0.2) is 5.69 Å². The molecular formula is C15H17N3O3. The Bertz CT molecular complexity index is 720. The van der Waals surface area contributed by atoms with Crippen LogP contribution in [0.4, 0.5) is 0 Å². The number of benzene rings is 1. The van der Waals surface area contributed by atoms with E-state index >= 15 is 0 Å². The van der Waals surface area contributed by atoms with Crippen LogP contribution in [0.25, 0.3) is 5.69 Å². The molecule has 0 aliphatic heterocycles. The molecule has 0 bridgehead atoms. The number of rotatable bonds is 4. The summed E-state index contributed by atoms with van der Waals surface area (Å²) in [6.45, 7) is 0. The summed E-state index contributed by atoms with van der Waals surface area (Å²) in [6, 6.07) is 7.61. The second-order valence-corrected chi connectivity index (χ2v) is 3.98. The molecule has 0 amide bonds. The van der Waals surface area contributed by atoms with Crippen LogP contribution in [0.15, 0.2) is 53.6 Å². The normalized spacial score (nSPS) is 10.1. The topological polar surface area (TPSA) is 84.2 Å². The van der Waals surface area contributed by atoms with E-state index in [-0.39, 0.29) is 18.9 Å². The maximum atomic E-state index is 11.8. The van der Waals surface area contributed by atoms with Crippen LogP contribution in [0.2, 0.25) is 0 Å². The van der Waals surface area contributed by atoms with Crippen molar-refractivity contribution in [3.8, 4) is 11.4 Å². The van der Waals surface area contributed by atoms with Crippen LogP contribution >= 0.6 is 0 Å². The predicted octanol–water partition coefficient (Wildman–Crippen LogP) is 1.49. The maximum absolute atomic E-state index is 11.8. The Labute approximate surface area is 122 Å². The molecule has 0 atom stereocenters. The first kappa shape index (κ1) is 16.2. The molecule has 6 heteroatoms. The van der Waals surface area contributed by atoms with Crippen molar-refractivity contribution in [2.75, 3.05) is 7.05 Å². The van der Waals surface area contributed by atoms with Crippen molar-refractivity contribution in [3.05, 3.63) is 64.7 Å². The molecule has 1 aromatic heterocycles. The van der Waals surface area contributed by atoms with E-state index in [1.807, 2.05) is 0 Å². The van der Waals surface area contributed by atoms with E-state index in [0.29, 0.717) is 5.69 Å². The Balaban J connectivity index is 0.00000220. The maximum Gasteiger partial charge on any atom is 0.211 e. The van der Waals surface area contributed by atoms with E-state index in [0.717, 1.165) is 0 Å². The Morgan fingerprint density at radius 3 is 2.81 bits per heavy atom. The van der Waals surface area contributed by atoms with E-state index in [9.17, 15) is 14.7 Å². The monoisotopic (exact) mass is 287 g/mol. The molecule has 0 aliphatic carbocycles. The number of carbonyl (C=O) groups is 1. The number of phenols is 1. The lowest BCUT2D eigenvalue weighted by atomic mass is 10.2. The Morgan fingerprint density at radius 1 is 1.38 bits per heavy atom. The molecule has 2 N–H and O–H groups in total. The lowest BCUT2D eigenvalue weighted by Crippen LogP contribution is -2.19. The molecule has 2 aromatic rings. The summed E-state index contributed by atoms with van der Waals surface area (Å²) in [6.07, 6.45) is 4.10. The fourth-order valence-electron chi connectivity index (χ4n) is 1.60. The number of aromatic nitrogens is 2. The van der Waals surface area contributed by atoms with E-state index < -0.39 is 11.2 Å². The van der Waals surface area contributed by atoms with Crippen LogP contribution in [0.1, 0.15) is 17.9 Å². The predicted molar refractivity (Wildman–Crippen MR) is 80.8 cm³/mol. The Kier molecular flexibility index (Phi) is 5.42. The van der Waals surface area contributed by atoms with Crippen molar-refractivity contribution in [2.45, 2.75) is 7.43 Å². The van der Waals surface area contributed by atoms with Crippen LogP contribution < -0.4 is 10.7 Å². The van der Waals surface area contributed by atoms with E-state index in [1.165, 1.54) is 41.4 Å². The van der Waals surface area contributed by atoms with Crippen molar-refractivity contribution < 1.29 is 9.90 Å². The second kappa shape index (κ2) is 7.04. The van der Waals surface area contributed by atoms with Gasteiger partial charge in [-0.05, 0) is 12.1 Å². The van der Waals surface area contributed by atoms with Gasteiger partial charge >= 0.3 is 0 Å². The van der Waals surface area contributed by atoms with Crippen LogP contribution in [-0.4, -0.2) is 27.7 Å². The van der Waals surface area contributed by atoms with Crippen LogP contribution in [-0.2, 0) is 0 Å². The third-order valence-electron chi connectivity index (χ3n) is 2.54. The van der Waals surface area contributed by atoms with Gasteiger partial charge < -0.3 is 10.4 Å². The third-order valence-corrected chi connectivity index (χ3v) is 2.54. The molecule has 1 heterocycles.